The fourth-order valence-electron chi connectivity index (χ4n) is 2.03. The van der Waals surface area contributed by atoms with Gasteiger partial charge in [-0.3, -0.25) is 4.18 Å². The molecule has 0 saturated carbocycles. The molecule has 0 spiro atoms. The highest BCUT2D eigenvalue weighted by molar-refractivity contribution is 7.86. The first-order valence-electron chi connectivity index (χ1n) is 7.17. The molecule has 2 aromatic carbocycles. The van der Waals surface area contributed by atoms with Gasteiger partial charge in [0.05, 0.1) is 11.5 Å². The van der Waals surface area contributed by atoms with Gasteiger partial charge >= 0.3 is 0 Å². The normalized spacial score (nSPS) is 12.4. The number of rotatable bonds is 6. The van der Waals surface area contributed by atoms with Gasteiger partial charge in [-0.2, -0.15) is 8.42 Å². The third-order valence-electron chi connectivity index (χ3n) is 3.35. The van der Waals surface area contributed by atoms with Crippen LogP contribution in [0.25, 0.3) is 5.57 Å². The highest BCUT2D eigenvalue weighted by Crippen LogP contribution is 2.15. The van der Waals surface area contributed by atoms with Crippen LogP contribution in [-0.4, -0.2) is 15.0 Å². The minimum absolute atomic E-state index is 0.139. The quantitative estimate of drug-likeness (QED) is 0.593. The Morgan fingerprint density at radius 1 is 1.05 bits per heavy atom. The standard InChI is InChI=1S/C18H20O3S/c1-15-10-12-18(13-11-15)22(19,20)21-14-6-7-16(2)17-8-4-3-5-9-17/h3-5,7-13H,6,14H2,1-2H3/b16-7+. The molecule has 0 aromatic heterocycles. The number of hydrogen-bond donors (Lipinski definition) is 0. The lowest BCUT2D eigenvalue weighted by atomic mass is 10.1. The molecule has 0 fully saturated rings. The Bertz CT molecular complexity index is 730. The highest BCUT2D eigenvalue weighted by Gasteiger charge is 2.13. The van der Waals surface area contributed by atoms with Crippen LogP contribution in [0.1, 0.15) is 24.5 Å². The number of benzene rings is 2. The summed E-state index contributed by atoms with van der Waals surface area (Å²) in [5, 5.41) is 0. The summed E-state index contributed by atoms with van der Waals surface area (Å²) in [5.41, 5.74) is 3.25. The monoisotopic (exact) mass is 316 g/mol. The van der Waals surface area contributed by atoms with E-state index in [-0.39, 0.29) is 11.5 Å². The minimum Gasteiger partial charge on any atom is -0.266 e. The van der Waals surface area contributed by atoms with Gasteiger partial charge in [-0.25, -0.2) is 0 Å². The molecule has 0 radical (unpaired) electrons. The average molecular weight is 316 g/mol. The van der Waals surface area contributed by atoms with E-state index in [1.54, 1.807) is 24.3 Å². The number of aryl methyl sites for hydroxylation is 1. The number of hydrogen-bond acceptors (Lipinski definition) is 3. The summed E-state index contributed by atoms with van der Waals surface area (Å²) < 4.78 is 29.1. The van der Waals surface area contributed by atoms with E-state index < -0.39 is 10.1 Å². The summed E-state index contributed by atoms with van der Waals surface area (Å²) >= 11 is 0. The summed E-state index contributed by atoms with van der Waals surface area (Å²) in [5.74, 6) is 0. The molecule has 2 aromatic rings. The van der Waals surface area contributed by atoms with Crippen LogP contribution in [0.4, 0.5) is 0 Å². The first-order valence-corrected chi connectivity index (χ1v) is 8.58. The molecule has 3 nitrogen and oxygen atoms in total. The van der Waals surface area contributed by atoms with Crippen molar-refractivity contribution in [2.75, 3.05) is 6.61 Å². The maximum atomic E-state index is 12.0. The van der Waals surface area contributed by atoms with E-state index in [0.29, 0.717) is 6.42 Å². The fourth-order valence-corrected chi connectivity index (χ4v) is 2.95. The van der Waals surface area contributed by atoms with Gasteiger partial charge in [0.25, 0.3) is 10.1 Å². The molecule has 0 heterocycles. The first kappa shape index (κ1) is 16.5. The fraction of sp³-hybridized carbons (Fsp3) is 0.222. The Balaban J connectivity index is 1.92. The Hall–Kier alpha value is -1.91. The molecule has 22 heavy (non-hydrogen) atoms. The summed E-state index contributed by atoms with van der Waals surface area (Å²) in [7, 11) is -3.67. The zero-order chi connectivity index (χ0) is 16.0. The molecular formula is C18H20O3S. The van der Waals surface area contributed by atoms with Gasteiger partial charge in [0.15, 0.2) is 0 Å². The third-order valence-corrected chi connectivity index (χ3v) is 4.67. The van der Waals surface area contributed by atoms with Crippen molar-refractivity contribution in [2.24, 2.45) is 0 Å². The van der Waals surface area contributed by atoms with Crippen LogP contribution in [0.15, 0.2) is 65.6 Å². The second-order valence-electron chi connectivity index (χ2n) is 5.13. The average Bonchev–Trinajstić information content (AvgIpc) is 2.52. The second kappa shape index (κ2) is 7.38. The molecule has 4 heteroatoms. The molecule has 0 aliphatic carbocycles. The van der Waals surface area contributed by atoms with E-state index >= 15 is 0 Å². The lowest BCUT2D eigenvalue weighted by molar-refractivity contribution is 0.325. The van der Waals surface area contributed by atoms with Crippen LogP contribution in [-0.2, 0) is 14.3 Å². The lowest BCUT2D eigenvalue weighted by Gasteiger charge is -2.05. The maximum absolute atomic E-state index is 12.0. The molecule has 0 amide bonds. The van der Waals surface area contributed by atoms with Crippen molar-refractivity contribution in [1.29, 1.82) is 0 Å². The van der Waals surface area contributed by atoms with E-state index in [4.69, 9.17) is 4.18 Å². The van der Waals surface area contributed by atoms with Gasteiger partial charge in [0.2, 0.25) is 0 Å². The van der Waals surface area contributed by atoms with Gasteiger partial charge in [-0.1, -0.05) is 54.1 Å². The maximum Gasteiger partial charge on any atom is 0.296 e. The van der Waals surface area contributed by atoms with Crippen molar-refractivity contribution in [3.63, 3.8) is 0 Å². The molecule has 0 unspecified atom stereocenters. The summed E-state index contributed by atoms with van der Waals surface area (Å²) in [4.78, 5) is 0.196. The molecular weight excluding hydrogens is 296 g/mol. The van der Waals surface area contributed by atoms with E-state index in [2.05, 4.69) is 0 Å². The van der Waals surface area contributed by atoms with Gasteiger partial charge in [0.1, 0.15) is 0 Å². The zero-order valence-corrected chi connectivity index (χ0v) is 13.6. The smallest absolute Gasteiger partial charge is 0.266 e. The van der Waals surface area contributed by atoms with E-state index in [1.165, 1.54) is 0 Å². The molecule has 0 bridgehead atoms. The van der Waals surface area contributed by atoms with Crippen LogP contribution in [0.2, 0.25) is 0 Å². The van der Waals surface area contributed by atoms with Crippen molar-refractivity contribution in [1.82, 2.24) is 0 Å². The molecule has 2 rings (SSSR count). The SMILES string of the molecule is C/C(=C\CCOS(=O)(=O)c1ccc(C)cc1)c1ccccc1. The Labute approximate surface area is 132 Å². The molecule has 0 atom stereocenters. The largest absolute Gasteiger partial charge is 0.296 e. The molecule has 0 N–H and O–H groups in total. The topological polar surface area (TPSA) is 43.4 Å². The van der Waals surface area contributed by atoms with Crippen molar-refractivity contribution in [3.8, 4) is 0 Å². The van der Waals surface area contributed by atoms with Gasteiger partial charge in [0, 0.05) is 0 Å². The molecule has 116 valence electrons. The van der Waals surface area contributed by atoms with Gasteiger partial charge < -0.3 is 0 Å². The van der Waals surface area contributed by atoms with Crippen LogP contribution in [0.3, 0.4) is 0 Å². The third kappa shape index (κ3) is 4.55. The lowest BCUT2D eigenvalue weighted by Crippen LogP contribution is -2.07. The van der Waals surface area contributed by atoms with Crippen molar-refractivity contribution < 1.29 is 12.6 Å². The van der Waals surface area contributed by atoms with Gasteiger partial charge in [-0.15, -0.1) is 0 Å². The van der Waals surface area contributed by atoms with Crippen LogP contribution >= 0.6 is 0 Å². The zero-order valence-electron chi connectivity index (χ0n) is 12.8. The molecule has 0 aliphatic heterocycles. The second-order valence-corrected chi connectivity index (χ2v) is 6.75. The Morgan fingerprint density at radius 3 is 2.32 bits per heavy atom. The van der Waals surface area contributed by atoms with E-state index in [0.717, 1.165) is 16.7 Å². The predicted octanol–water partition coefficient (Wildman–Crippen LogP) is 4.19. The predicted molar refractivity (Wildman–Crippen MR) is 89.0 cm³/mol. The van der Waals surface area contributed by atoms with Crippen molar-refractivity contribution >= 4 is 15.7 Å². The van der Waals surface area contributed by atoms with Crippen LogP contribution in [0.5, 0.6) is 0 Å². The summed E-state index contributed by atoms with van der Waals surface area (Å²) in [6, 6.07) is 16.6. The minimum atomic E-state index is -3.67. The van der Waals surface area contributed by atoms with E-state index in [9.17, 15) is 8.42 Å². The Kier molecular flexibility index (Phi) is 5.52. The number of allylic oxidation sites excluding steroid dienone is 1. The summed E-state index contributed by atoms with van der Waals surface area (Å²) in [6.45, 7) is 4.05. The van der Waals surface area contributed by atoms with Crippen LogP contribution < -0.4 is 0 Å². The van der Waals surface area contributed by atoms with Crippen molar-refractivity contribution in [3.05, 3.63) is 71.8 Å². The first-order chi connectivity index (χ1) is 10.5. The van der Waals surface area contributed by atoms with E-state index in [1.807, 2.05) is 50.3 Å². The molecule has 0 saturated heterocycles. The summed E-state index contributed by atoms with van der Waals surface area (Å²) in [6.07, 6.45) is 2.53. The Morgan fingerprint density at radius 2 is 1.68 bits per heavy atom. The molecule has 0 aliphatic rings. The van der Waals surface area contributed by atoms with Crippen LogP contribution in [0, 0.1) is 6.92 Å². The van der Waals surface area contributed by atoms with Gasteiger partial charge in [-0.05, 0) is 43.5 Å². The van der Waals surface area contributed by atoms with Crippen molar-refractivity contribution in [2.45, 2.75) is 25.2 Å². The highest BCUT2D eigenvalue weighted by atomic mass is 32.2.